The maximum atomic E-state index is 13.6. The number of hydrogen-bond donors (Lipinski definition) is 1. The van der Waals surface area contributed by atoms with Crippen LogP contribution >= 0.6 is 15.9 Å². The van der Waals surface area contributed by atoms with Crippen LogP contribution < -0.4 is 5.32 Å². The predicted molar refractivity (Wildman–Crippen MR) is 85.2 cm³/mol. The third-order valence-electron chi connectivity index (χ3n) is 3.55. The molecule has 0 spiro atoms. The Kier molecular flexibility index (Phi) is 4.16. The van der Waals surface area contributed by atoms with Crippen LogP contribution in [0.1, 0.15) is 25.5 Å². The minimum absolute atomic E-state index is 0.264. The van der Waals surface area contributed by atoms with Gasteiger partial charge < -0.3 is 10.1 Å². The molecule has 3 rings (SSSR count). The summed E-state index contributed by atoms with van der Waals surface area (Å²) in [4.78, 5) is 16.5. The van der Waals surface area contributed by atoms with Crippen LogP contribution in [0.25, 0.3) is 0 Å². The second kappa shape index (κ2) is 6.11. The number of carbonyl (C=O) groups is 1. The van der Waals surface area contributed by atoms with E-state index in [1.54, 1.807) is 30.7 Å². The molecule has 1 aliphatic rings. The molecule has 0 aliphatic carbocycles. The molecule has 1 atom stereocenters. The Morgan fingerprint density at radius 2 is 2.30 bits per heavy atom. The van der Waals surface area contributed by atoms with Crippen molar-refractivity contribution in [1.82, 2.24) is 14.8 Å². The zero-order valence-corrected chi connectivity index (χ0v) is 14.1. The first-order valence-electron chi connectivity index (χ1n) is 7.02. The fourth-order valence-corrected chi connectivity index (χ4v) is 2.95. The highest BCUT2D eigenvalue weighted by molar-refractivity contribution is 9.10. The maximum absolute atomic E-state index is 13.6. The molecule has 2 heterocycles. The third kappa shape index (κ3) is 2.74. The number of hydrogen-bond acceptors (Lipinski definition) is 5. The Morgan fingerprint density at radius 3 is 3.00 bits per heavy atom. The number of benzene rings is 1. The lowest BCUT2D eigenvalue weighted by atomic mass is 9.96. The number of fused-ring (bicyclic) bond motifs is 1. The fourth-order valence-electron chi connectivity index (χ4n) is 2.55. The smallest absolute Gasteiger partial charge is 0.338 e. The van der Waals surface area contributed by atoms with E-state index in [1.807, 2.05) is 0 Å². The average molecular weight is 381 g/mol. The quantitative estimate of drug-likeness (QED) is 0.828. The van der Waals surface area contributed by atoms with Crippen molar-refractivity contribution in [2.75, 3.05) is 11.9 Å². The molecule has 1 aromatic heterocycles. The summed E-state index contributed by atoms with van der Waals surface area (Å²) in [5.41, 5.74) is 1.76. The van der Waals surface area contributed by atoms with Crippen LogP contribution in [0.15, 0.2) is 40.3 Å². The number of halogens is 2. The molecule has 1 aromatic carbocycles. The van der Waals surface area contributed by atoms with Gasteiger partial charge in [0.1, 0.15) is 18.2 Å². The number of ether oxygens (including phenoxy) is 1. The number of rotatable bonds is 3. The topological polar surface area (TPSA) is 69.0 Å². The van der Waals surface area contributed by atoms with Crippen molar-refractivity contribution in [2.45, 2.75) is 19.9 Å². The summed E-state index contributed by atoms with van der Waals surface area (Å²) in [7, 11) is 0. The second-order valence-electron chi connectivity index (χ2n) is 4.99. The Morgan fingerprint density at radius 1 is 1.52 bits per heavy atom. The van der Waals surface area contributed by atoms with Gasteiger partial charge in [0.2, 0.25) is 5.95 Å². The lowest BCUT2D eigenvalue weighted by Crippen LogP contribution is -2.29. The molecule has 0 bridgehead atoms. The van der Waals surface area contributed by atoms with Gasteiger partial charge in [0.05, 0.1) is 16.7 Å². The largest absolute Gasteiger partial charge is 0.463 e. The number of carbonyl (C=O) groups excluding carboxylic acids is 1. The van der Waals surface area contributed by atoms with Crippen molar-refractivity contribution in [1.29, 1.82) is 0 Å². The SMILES string of the molecule is CCOC(=O)C1=C(C)Nc2ncnn2[C@@H]1c1ccc(F)c(Br)c1. The molecule has 0 fully saturated rings. The van der Waals surface area contributed by atoms with Gasteiger partial charge in [0.15, 0.2) is 0 Å². The van der Waals surface area contributed by atoms with Crippen LogP contribution in [-0.4, -0.2) is 27.3 Å². The molecular weight excluding hydrogens is 367 g/mol. The Bertz CT molecular complexity index is 803. The summed E-state index contributed by atoms with van der Waals surface area (Å²) >= 11 is 3.18. The van der Waals surface area contributed by atoms with Crippen LogP contribution in [-0.2, 0) is 9.53 Å². The molecule has 1 N–H and O–H groups in total. The van der Waals surface area contributed by atoms with Crippen LogP contribution in [0.2, 0.25) is 0 Å². The first-order valence-corrected chi connectivity index (χ1v) is 7.81. The lowest BCUT2D eigenvalue weighted by Gasteiger charge is -2.28. The number of allylic oxidation sites excluding steroid dienone is 1. The van der Waals surface area contributed by atoms with Gasteiger partial charge in [-0.15, -0.1) is 0 Å². The second-order valence-corrected chi connectivity index (χ2v) is 5.84. The highest BCUT2D eigenvalue weighted by Gasteiger charge is 2.34. The van der Waals surface area contributed by atoms with Crippen molar-refractivity contribution in [3.05, 3.63) is 51.6 Å². The van der Waals surface area contributed by atoms with E-state index in [1.165, 1.54) is 12.4 Å². The van der Waals surface area contributed by atoms with Gasteiger partial charge in [-0.25, -0.2) is 13.9 Å². The molecule has 0 unspecified atom stereocenters. The van der Waals surface area contributed by atoms with Crippen LogP contribution in [0, 0.1) is 5.82 Å². The van der Waals surface area contributed by atoms with Crippen molar-refractivity contribution in [2.24, 2.45) is 0 Å². The molecular formula is C15H14BrFN4O2. The molecule has 23 heavy (non-hydrogen) atoms. The Labute approximate surface area is 140 Å². The molecule has 0 saturated heterocycles. The molecule has 0 saturated carbocycles. The fraction of sp³-hybridized carbons (Fsp3) is 0.267. The zero-order valence-electron chi connectivity index (χ0n) is 12.5. The lowest BCUT2D eigenvalue weighted by molar-refractivity contribution is -0.139. The molecule has 0 radical (unpaired) electrons. The first-order chi connectivity index (χ1) is 11.0. The molecule has 8 heteroatoms. The highest BCUT2D eigenvalue weighted by Crippen LogP contribution is 2.36. The summed E-state index contributed by atoms with van der Waals surface area (Å²) in [6.45, 7) is 3.78. The van der Waals surface area contributed by atoms with E-state index in [4.69, 9.17) is 4.74 Å². The normalized spacial score (nSPS) is 16.8. The highest BCUT2D eigenvalue weighted by atomic mass is 79.9. The van der Waals surface area contributed by atoms with Gasteiger partial charge in [-0.3, -0.25) is 0 Å². The number of nitrogens with one attached hydrogen (secondary N) is 1. The van der Waals surface area contributed by atoms with E-state index in [2.05, 4.69) is 31.3 Å². The van der Waals surface area contributed by atoms with Gasteiger partial charge in [-0.2, -0.15) is 10.1 Å². The summed E-state index contributed by atoms with van der Waals surface area (Å²) in [6.07, 6.45) is 1.40. The minimum atomic E-state index is -0.537. The number of anilines is 1. The molecule has 120 valence electrons. The van der Waals surface area contributed by atoms with E-state index >= 15 is 0 Å². The Balaban J connectivity index is 2.16. The van der Waals surface area contributed by atoms with Gasteiger partial charge in [0.25, 0.3) is 0 Å². The molecule has 6 nitrogen and oxygen atoms in total. The summed E-state index contributed by atoms with van der Waals surface area (Å²) < 4.78 is 20.6. The van der Waals surface area contributed by atoms with Gasteiger partial charge in [-0.05, 0) is 47.5 Å². The monoisotopic (exact) mass is 380 g/mol. The van der Waals surface area contributed by atoms with Crippen LogP contribution in [0.5, 0.6) is 0 Å². The van der Waals surface area contributed by atoms with Gasteiger partial charge in [0, 0.05) is 5.70 Å². The van der Waals surface area contributed by atoms with E-state index in [0.717, 1.165) is 0 Å². The molecule has 2 aromatic rings. The molecule has 0 amide bonds. The van der Waals surface area contributed by atoms with E-state index in [9.17, 15) is 9.18 Å². The van der Waals surface area contributed by atoms with E-state index in [-0.39, 0.29) is 12.4 Å². The number of nitrogens with zero attached hydrogens (tertiary/aromatic N) is 3. The number of aromatic nitrogens is 3. The van der Waals surface area contributed by atoms with Gasteiger partial charge in [-0.1, -0.05) is 6.07 Å². The summed E-state index contributed by atoms with van der Waals surface area (Å²) in [5.74, 6) is -0.301. The zero-order chi connectivity index (χ0) is 16.6. The third-order valence-corrected chi connectivity index (χ3v) is 4.16. The number of esters is 1. The minimum Gasteiger partial charge on any atom is -0.463 e. The van der Waals surface area contributed by atoms with Crippen molar-refractivity contribution in [3.8, 4) is 0 Å². The molecule has 1 aliphatic heterocycles. The van der Waals surface area contributed by atoms with Gasteiger partial charge >= 0.3 is 5.97 Å². The van der Waals surface area contributed by atoms with E-state index < -0.39 is 12.0 Å². The van der Waals surface area contributed by atoms with E-state index in [0.29, 0.717) is 27.3 Å². The van der Waals surface area contributed by atoms with Crippen LogP contribution in [0.4, 0.5) is 10.3 Å². The Hall–Kier alpha value is -2.22. The van der Waals surface area contributed by atoms with Crippen LogP contribution in [0.3, 0.4) is 0 Å². The predicted octanol–water partition coefficient (Wildman–Crippen LogP) is 3.03. The van der Waals surface area contributed by atoms with Crippen molar-refractivity contribution in [3.63, 3.8) is 0 Å². The van der Waals surface area contributed by atoms with Crippen molar-refractivity contribution >= 4 is 27.8 Å². The summed E-state index contributed by atoms with van der Waals surface area (Å²) in [6, 6.07) is 4.05. The maximum Gasteiger partial charge on any atom is 0.338 e. The summed E-state index contributed by atoms with van der Waals surface area (Å²) in [5, 5.41) is 7.22. The average Bonchev–Trinajstić information content (AvgIpc) is 2.96. The van der Waals surface area contributed by atoms with Crippen molar-refractivity contribution < 1.29 is 13.9 Å². The standard InChI is InChI=1S/C15H14BrFN4O2/c1-3-23-14(22)12-8(2)20-15-18-7-19-21(15)13(12)9-4-5-11(17)10(16)6-9/h4-7,13H,3H2,1-2H3,(H,18,19,20)/t13-/m1/s1. The first kappa shape index (κ1) is 15.7.